The number of nitrogens with two attached hydrogens (primary N) is 1. The highest BCUT2D eigenvalue weighted by atomic mass is 79.9. The molecule has 1 aromatic rings. The van der Waals surface area contributed by atoms with Crippen molar-refractivity contribution in [3.63, 3.8) is 0 Å². The van der Waals surface area contributed by atoms with Gasteiger partial charge in [-0.15, -0.1) is 5.10 Å². The van der Waals surface area contributed by atoms with Gasteiger partial charge in [0.05, 0.1) is 10.7 Å². The Balaban J connectivity index is 2.14. The van der Waals surface area contributed by atoms with Gasteiger partial charge in [-0.25, -0.2) is 0 Å². The second-order valence-electron chi connectivity index (χ2n) is 4.89. The van der Waals surface area contributed by atoms with Crippen LogP contribution in [0.25, 0.3) is 0 Å². The van der Waals surface area contributed by atoms with Gasteiger partial charge in [0.2, 0.25) is 0 Å². The van der Waals surface area contributed by atoms with Gasteiger partial charge in [0.25, 0.3) is 0 Å². The summed E-state index contributed by atoms with van der Waals surface area (Å²) in [6.07, 6.45) is 5.48. The summed E-state index contributed by atoms with van der Waals surface area (Å²) < 4.78 is 1.13. The van der Waals surface area contributed by atoms with Crippen molar-refractivity contribution < 1.29 is 0 Å². The third-order valence-corrected chi connectivity index (χ3v) is 5.31. The molecule has 0 radical (unpaired) electrons. The number of anilines is 1. The Kier molecular flexibility index (Phi) is 3.71. The van der Waals surface area contributed by atoms with Crippen LogP contribution in [-0.4, -0.2) is 18.0 Å². The first-order chi connectivity index (χ1) is 9.11. The Morgan fingerprint density at radius 2 is 2.42 bits per heavy atom. The van der Waals surface area contributed by atoms with Gasteiger partial charge in [-0.05, 0) is 42.7 Å². The predicted molar refractivity (Wildman–Crippen MR) is 87.3 cm³/mol. The van der Waals surface area contributed by atoms with Crippen molar-refractivity contribution in [3.8, 4) is 0 Å². The number of rotatable bonds is 1. The Morgan fingerprint density at radius 3 is 3.16 bits per heavy atom. The lowest BCUT2D eigenvalue weighted by Gasteiger charge is -2.21. The molecule has 1 aliphatic heterocycles. The molecule has 102 valence electrons. The predicted octanol–water partition coefficient (Wildman–Crippen LogP) is 3.94. The molecular formula is C13H15BrClN3S. The number of amidine groups is 1. The molecule has 3 nitrogen and oxygen atoms in total. The maximum atomic E-state index is 6.43. The van der Waals surface area contributed by atoms with E-state index in [1.165, 1.54) is 35.7 Å². The quantitative estimate of drug-likeness (QED) is 0.609. The largest absolute Gasteiger partial charge is 0.377 e. The second kappa shape index (κ2) is 5.19. The minimum absolute atomic E-state index is 0.534. The average molecular weight is 361 g/mol. The van der Waals surface area contributed by atoms with E-state index in [-0.39, 0.29) is 0 Å². The summed E-state index contributed by atoms with van der Waals surface area (Å²) >= 11 is 11.5. The molecule has 1 aliphatic carbocycles. The summed E-state index contributed by atoms with van der Waals surface area (Å²) in [4.78, 5) is 0. The highest BCUT2D eigenvalue weighted by Crippen LogP contribution is 2.50. The Labute approximate surface area is 130 Å². The van der Waals surface area contributed by atoms with E-state index in [9.17, 15) is 0 Å². The zero-order valence-corrected chi connectivity index (χ0v) is 13.8. The number of hydrazone groups is 1. The van der Waals surface area contributed by atoms with Crippen molar-refractivity contribution in [2.45, 2.75) is 25.2 Å². The molecule has 1 unspecified atom stereocenters. The van der Waals surface area contributed by atoms with Crippen LogP contribution < -0.4 is 10.7 Å². The van der Waals surface area contributed by atoms with Crippen molar-refractivity contribution in [2.24, 2.45) is 10.8 Å². The molecule has 3 rings (SSSR count). The normalized spacial score (nSPS) is 21.7. The first kappa shape index (κ1) is 13.6. The SMILES string of the molecule is CSC(N)=NN1CC2CCCc3c(Br)cc(Cl)c1c32. The molecule has 0 bridgehead atoms. The molecule has 2 aliphatic rings. The fraction of sp³-hybridized carbons (Fsp3) is 0.462. The van der Waals surface area contributed by atoms with Crippen LogP contribution in [0.3, 0.4) is 0 Å². The van der Waals surface area contributed by atoms with Gasteiger partial charge in [0, 0.05) is 16.9 Å². The van der Waals surface area contributed by atoms with Crippen molar-refractivity contribution in [1.82, 2.24) is 0 Å². The standard InChI is InChI=1S/C13H15BrClN3S/c1-19-13(16)17-18-6-7-3-2-4-8-9(14)5-10(15)12(18)11(7)8/h5,7H,2-4,6H2,1H3,(H2,16,17). The molecule has 6 heteroatoms. The van der Waals surface area contributed by atoms with Crippen LogP contribution in [0.2, 0.25) is 5.02 Å². The Morgan fingerprint density at radius 1 is 1.63 bits per heavy atom. The molecule has 1 aromatic carbocycles. The molecule has 2 N–H and O–H groups in total. The third kappa shape index (κ3) is 2.26. The van der Waals surface area contributed by atoms with Crippen LogP contribution >= 0.6 is 39.3 Å². The number of halogens is 2. The molecule has 1 heterocycles. The fourth-order valence-electron chi connectivity index (χ4n) is 3.03. The number of benzene rings is 1. The van der Waals surface area contributed by atoms with E-state index in [0.29, 0.717) is 11.1 Å². The zero-order chi connectivity index (χ0) is 13.6. The Hall–Kier alpha value is -0.390. The number of nitrogens with zero attached hydrogens (tertiary/aromatic N) is 2. The van der Waals surface area contributed by atoms with Gasteiger partial charge in [0.1, 0.15) is 0 Å². The van der Waals surface area contributed by atoms with E-state index >= 15 is 0 Å². The monoisotopic (exact) mass is 359 g/mol. The minimum atomic E-state index is 0.534. The van der Waals surface area contributed by atoms with Crippen molar-refractivity contribution in [3.05, 3.63) is 26.7 Å². The average Bonchev–Trinajstić information content (AvgIpc) is 2.75. The maximum absolute atomic E-state index is 6.43. The molecule has 0 amide bonds. The fourth-order valence-corrected chi connectivity index (χ4v) is 4.29. The van der Waals surface area contributed by atoms with E-state index in [1.807, 2.05) is 17.3 Å². The summed E-state index contributed by atoms with van der Waals surface area (Å²) in [5.74, 6) is 0.534. The first-order valence-corrected chi connectivity index (χ1v) is 8.67. The van der Waals surface area contributed by atoms with E-state index in [0.717, 1.165) is 28.1 Å². The van der Waals surface area contributed by atoms with Crippen molar-refractivity contribution in [1.29, 1.82) is 0 Å². The maximum Gasteiger partial charge on any atom is 0.178 e. The van der Waals surface area contributed by atoms with Crippen LogP contribution in [0, 0.1) is 0 Å². The van der Waals surface area contributed by atoms with Crippen LogP contribution in [0.1, 0.15) is 29.9 Å². The van der Waals surface area contributed by atoms with Crippen LogP contribution in [0.15, 0.2) is 15.6 Å². The smallest absolute Gasteiger partial charge is 0.178 e. The number of hydrogen-bond donors (Lipinski definition) is 1. The van der Waals surface area contributed by atoms with Crippen LogP contribution in [-0.2, 0) is 6.42 Å². The summed E-state index contributed by atoms with van der Waals surface area (Å²) in [5.41, 5.74) is 9.68. The summed E-state index contributed by atoms with van der Waals surface area (Å²) in [7, 11) is 0. The molecular weight excluding hydrogens is 346 g/mol. The molecule has 1 atom stereocenters. The van der Waals surface area contributed by atoms with Crippen LogP contribution in [0.4, 0.5) is 5.69 Å². The van der Waals surface area contributed by atoms with Gasteiger partial charge in [-0.2, -0.15) is 0 Å². The summed E-state index contributed by atoms with van der Waals surface area (Å²) in [6, 6.07) is 1.99. The van der Waals surface area contributed by atoms with Gasteiger partial charge >= 0.3 is 0 Å². The van der Waals surface area contributed by atoms with E-state index in [4.69, 9.17) is 17.3 Å². The second-order valence-corrected chi connectivity index (χ2v) is 6.98. The zero-order valence-electron chi connectivity index (χ0n) is 10.6. The Bertz CT molecular complexity index is 561. The highest BCUT2D eigenvalue weighted by Gasteiger charge is 2.36. The lowest BCUT2D eigenvalue weighted by atomic mass is 9.84. The topological polar surface area (TPSA) is 41.6 Å². The van der Waals surface area contributed by atoms with Gasteiger partial charge < -0.3 is 5.73 Å². The van der Waals surface area contributed by atoms with Crippen LogP contribution in [0.5, 0.6) is 0 Å². The highest BCUT2D eigenvalue weighted by molar-refractivity contribution is 9.10. The lowest BCUT2D eigenvalue weighted by molar-refractivity contribution is 0.574. The first-order valence-electron chi connectivity index (χ1n) is 6.28. The van der Waals surface area contributed by atoms with E-state index in [1.54, 1.807) is 0 Å². The third-order valence-electron chi connectivity index (χ3n) is 3.82. The van der Waals surface area contributed by atoms with Gasteiger partial charge in [-0.3, -0.25) is 5.01 Å². The minimum Gasteiger partial charge on any atom is -0.377 e. The van der Waals surface area contributed by atoms with Gasteiger partial charge in [0.15, 0.2) is 5.17 Å². The molecule has 0 fully saturated rings. The summed E-state index contributed by atoms with van der Waals surface area (Å²) in [5, 5.41) is 7.80. The molecule has 0 spiro atoms. The van der Waals surface area contributed by atoms with E-state index < -0.39 is 0 Å². The number of thioether (sulfide) groups is 1. The van der Waals surface area contributed by atoms with Crippen molar-refractivity contribution >= 4 is 50.1 Å². The summed E-state index contributed by atoms with van der Waals surface area (Å²) in [6.45, 7) is 0.889. The van der Waals surface area contributed by atoms with Crippen molar-refractivity contribution in [2.75, 3.05) is 17.8 Å². The molecule has 0 saturated carbocycles. The molecule has 0 aromatic heterocycles. The lowest BCUT2D eigenvalue weighted by Crippen LogP contribution is -2.20. The van der Waals surface area contributed by atoms with Gasteiger partial charge in [-0.1, -0.05) is 39.3 Å². The molecule has 0 saturated heterocycles. The molecule has 19 heavy (non-hydrogen) atoms. The number of hydrogen-bond acceptors (Lipinski definition) is 3. The van der Waals surface area contributed by atoms with E-state index in [2.05, 4.69) is 21.0 Å².